The van der Waals surface area contributed by atoms with Crippen LogP contribution < -0.4 is 25.6 Å². The van der Waals surface area contributed by atoms with E-state index in [2.05, 4.69) is 15.3 Å². The Bertz CT molecular complexity index is 1100. The van der Waals surface area contributed by atoms with Gasteiger partial charge in [0, 0.05) is 36.0 Å². The minimum absolute atomic E-state index is 0.112. The third-order valence-electron chi connectivity index (χ3n) is 6.55. The number of nitrogens with two attached hydrogens (primary N) is 1. The normalized spacial score (nSPS) is 22.5. The van der Waals surface area contributed by atoms with E-state index in [1.54, 1.807) is 13.1 Å². The highest BCUT2D eigenvalue weighted by atomic mass is 19.1. The number of phenolic OH excluding ortho intramolecular Hbond substituents is 1. The second-order valence-electron chi connectivity index (χ2n) is 9.07. The zero-order valence-electron chi connectivity index (χ0n) is 18.9. The number of benzene rings is 1. The molecule has 0 atom stereocenters. The lowest BCUT2D eigenvalue weighted by atomic mass is 9.92. The molecule has 182 valence electrons. The number of rotatable bonds is 6. The van der Waals surface area contributed by atoms with Crippen LogP contribution in [0.2, 0.25) is 0 Å². The van der Waals surface area contributed by atoms with E-state index in [9.17, 15) is 14.3 Å². The van der Waals surface area contributed by atoms with Gasteiger partial charge in [-0.25, -0.2) is 18.6 Å². The minimum atomic E-state index is -1.22. The average Bonchev–Trinajstić information content (AvgIpc) is 3.65. The van der Waals surface area contributed by atoms with Gasteiger partial charge in [0.1, 0.15) is 11.5 Å². The summed E-state index contributed by atoms with van der Waals surface area (Å²) >= 11 is 0. The fourth-order valence-electron chi connectivity index (χ4n) is 4.61. The van der Waals surface area contributed by atoms with E-state index < -0.39 is 29.1 Å². The number of amides is 2. The number of aromatic nitrogens is 2. The summed E-state index contributed by atoms with van der Waals surface area (Å²) in [5, 5.41) is 13.4. The molecular formula is C23H28F2N6O3. The number of halogens is 2. The molecule has 1 aliphatic heterocycles. The number of aromatic hydroxyl groups is 1. The van der Waals surface area contributed by atoms with Gasteiger partial charge < -0.3 is 20.9 Å². The summed E-state index contributed by atoms with van der Waals surface area (Å²) in [5.74, 6) is -2.52. The Morgan fingerprint density at radius 2 is 1.94 bits per heavy atom. The van der Waals surface area contributed by atoms with Crippen LogP contribution in [0.4, 0.5) is 31.0 Å². The monoisotopic (exact) mass is 474 g/mol. The average molecular weight is 475 g/mol. The summed E-state index contributed by atoms with van der Waals surface area (Å²) in [6.07, 6.45) is 6.79. The maximum absolute atomic E-state index is 15.2. The first-order chi connectivity index (χ1) is 16.4. The molecule has 9 nitrogen and oxygen atoms in total. The van der Waals surface area contributed by atoms with Crippen molar-refractivity contribution in [2.45, 2.75) is 70.1 Å². The molecule has 4 N–H and O–H groups in total. The lowest BCUT2D eigenvalue weighted by Crippen LogP contribution is -2.49. The maximum Gasteiger partial charge on any atom is 0.330 e. The molecule has 0 unspecified atom stereocenters. The summed E-state index contributed by atoms with van der Waals surface area (Å²) in [4.78, 5) is 25.0. The van der Waals surface area contributed by atoms with Gasteiger partial charge in [-0.15, -0.1) is 0 Å². The number of anilines is 3. The standard InChI is InChI=1S/C23H28F2N6O3/c1-2-34-17-9-16(32)18(24)20(19(17)25)30-11-12-10-27-22(28-14-5-3-13(26)4-6-14)29-21(12)31(23(30)33)15-7-8-15/h9-10,13-15,32H,2-8,11,26H2,1H3,(H,27,28,29). The van der Waals surface area contributed by atoms with Crippen LogP contribution in [0.1, 0.15) is 51.0 Å². The molecule has 2 aromatic rings. The van der Waals surface area contributed by atoms with Gasteiger partial charge in [0.2, 0.25) is 5.95 Å². The highest BCUT2D eigenvalue weighted by molar-refractivity contribution is 6.06. The lowest BCUT2D eigenvalue weighted by molar-refractivity contribution is 0.248. The Morgan fingerprint density at radius 1 is 1.21 bits per heavy atom. The SMILES string of the molecule is CCOc1cc(O)c(F)c(N2Cc3cnc(NC4CCC(N)CC4)nc3N(C3CC3)C2=O)c1F. The van der Waals surface area contributed by atoms with Crippen molar-refractivity contribution < 1.29 is 23.4 Å². The van der Waals surface area contributed by atoms with E-state index in [-0.39, 0.29) is 37.0 Å². The molecule has 0 radical (unpaired) electrons. The van der Waals surface area contributed by atoms with E-state index in [1.165, 1.54) is 4.90 Å². The van der Waals surface area contributed by atoms with Crippen LogP contribution >= 0.6 is 0 Å². The third kappa shape index (κ3) is 4.08. The van der Waals surface area contributed by atoms with Crippen molar-refractivity contribution in [1.29, 1.82) is 0 Å². The Kier molecular flexibility index (Phi) is 5.88. The molecule has 2 aliphatic carbocycles. The van der Waals surface area contributed by atoms with Gasteiger partial charge in [-0.3, -0.25) is 9.80 Å². The Hall–Kier alpha value is -3.21. The predicted molar refractivity (Wildman–Crippen MR) is 122 cm³/mol. The molecule has 3 aliphatic rings. The topological polar surface area (TPSA) is 117 Å². The second kappa shape index (κ2) is 8.86. The van der Waals surface area contributed by atoms with E-state index in [0.717, 1.165) is 49.5 Å². The zero-order valence-corrected chi connectivity index (χ0v) is 18.9. The highest BCUT2D eigenvalue weighted by Gasteiger charge is 2.44. The molecule has 0 spiro atoms. The van der Waals surface area contributed by atoms with E-state index in [1.807, 2.05) is 0 Å². The van der Waals surface area contributed by atoms with Gasteiger partial charge in [-0.1, -0.05) is 0 Å². The van der Waals surface area contributed by atoms with Crippen LogP contribution in [0.3, 0.4) is 0 Å². The predicted octanol–water partition coefficient (Wildman–Crippen LogP) is 3.65. The number of phenols is 1. The van der Waals surface area contributed by atoms with Gasteiger partial charge in [-0.05, 0) is 45.4 Å². The van der Waals surface area contributed by atoms with E-state index in [4.69, 9.17) is 10.5 Å². The van der Waals surface area contributed by atoms with Gasteiger partial charge in [-0.2, -0.15) is 4.98 Å². The molecule has 1 aromatic heterocycles. The van der Waals surface area contributed by atoms with Crippen LogP contribution in [0.15, 0.2) is 12.3 Å². The number of ether oxygens (including phenoxy) is 1. The van der Waals surface area contributed by atoms with Crippen LogP contribution in [-0.2, 0) is 6.54 Å². The molecule has 2 heterocycles. The maximum atomic E-state index is 15.2. The fourth-order valence-corrected chi connectivity index (χ4v) is 4.61. The quantitative estimate of drug-likeness (QED) is 0.585. The largest absolute Gasteiger partial charge is 0.505 e. The van der Waals surface area contributed by atoms with Crippen LogP contribution in [0.25, 0.3) is 0 Å². The molecule has 2 fully saturated rings. The van der Waals surface area contributed by atoms with Crippen molar-refractivity contribution in [2.24, 2.45) is 5.73 Å². The molecule has 2 saturated carbocycles. The van der Waals surface area contributed by atoms with Crippen molar-refractivity contribution >= 4 is 23.5 Å². The Labute approximate surface area is 195 Å². The summed E-state index contributed by atoms with van der Waals surface area (Å²) in [6, 6.07) is 0.583. The molecule has 0 bridgehead atoms. The third-order valence-corrected chi connectivity index (χ3v) is 6.55. The number of urea groups is 1. The van der Waals surface area contributed by atoms with Crippen LogP contribution in [0.5, 0.6) is 11.5 Å². The van der Waals surface area contributed by atoms with Crippen LogP contribution in [0, 0.1) is 11.6 Å². The summed E-state index contributed by atoms with van der Waals surface area (Å²) < 4.78 is 35.3. The first-order valence-corrected chi connectivity index (χ1v) is 11.7. The van der Waals surface area contributed by atoms with Crippen LogP contribution in [-0.4, -0.2) is 45.8 Å². The number of nitrogens with one attached hydrogen (secondary N) is 1. The van der Waals surface area contributed by atoms with Crippen molar-refractivity contribution in [1.82, 2.24) is 9.97 Å². The first kappa shape index (κ1) is 22.6. The smallest absolute Gasteiger partial charge is 0.330 e. The van der Waals surface area contributed by atoms with Crippen molar-refractivity contribution in [3.05, 3.63) is 29.5 Å². The first-order valence-electron chi connectivity index (χ1n) is 11.7. The summed E-state index contributed by atoms with van der Waals surface area (Å²) in [5.41, 5.74) is 5.90. The summed E-state index contributed by atoms with van der Waals surface area (Å²) in [7, 11) is 0. The fraction of sp³-hybridized carbons (Fsp3) is 0.522. The lowest BCUT2D eigenvalue weighted by Gasteiger charge is -2.37. The zero-order chi connectivity index (χ0) is 24.0. The van der Waals surface area contributed by atoms with E-state index in [0.29, 0.717) is 17.3 Å². The molecule has 0 saturated heterocycles. The number of hydrogen-bond acceptors (Lipinski definition) is 7. The molecular weight excluding hydrogens is 446 g/mol. The Balaban J connectivity index is 1.49. The number of fused-ring (bicyclic) bond motifs is 1. The van der Waals surface area contributed by atoms with E-state index >= 15 is 4.39 Å². The van der Waals surface area contributed by atoms with Gasteiger partial charge in [0.25, 0.3) is 0 Å². The van der Waals surface area contributed by atoms with Gasteiger partial charge in [0.15, 0.2) is 23.1 Å². The number of carbonyl (C=O) groups excluding carboxylic acids is 1. The molecule has 5 rings (SSSR count). The number of carbonyl (C=O) groups is 1. The van der Waals surface area contributed by atoms with Gasteiger partial charge >= 0.3 is 6.03 Å². The van der Waals surface area contributed by atoms with Gasteiger partial charge in [0.05, 0.1) is 13.2 Å². The highest BCUT2D eigenvalue weighted by Crippen LogP contribution is 2.43. The van der Waals surface area contributed by atoms with Crippen molar-refractivity contribution in [2.75, 3.05) is 21.7 Å². The Morgan fingerprint density at radius 3 is 2.62 bits per heavy atom. The molecule has 34 heavy (non-hydrogen) atoms. The molecule has 1 aromatic carbocycles. The number of nitrogens with zero attached hydrogens (tertiary/aromatic N) is 4. The minimum Gasteiger partial charge on any atom is -0.505 e. The number of hydrogen-bond donors (Lipinski definition) is 3. The van der Waals surface area contributed by atoms with Crippen molar-refractivity contribution in [3.8, 4) is 11.5 Å². The van der Waals surface area contributed by atoms with Crippen molar-refractivity contribution in [3.63, 3.8) is 0 Å². The summed E-state index contributed by atoms with van der Waals surface area (Å²) in [6.45, 7) is 1.61. The second-order valence-corrected chi connectivity index (χ2v) is 9.07. The molecule has 2 amide bonds. The molecule has 11 heteroatoms.